The molecular formula is C16H21N3O. The predicted octanol–water partition coefficient (Wildman–Crippen LogP) is 2.48. The topological polar surface area (TPSA) is 30.3 Å². The maximum atomic E-state index is 5.89. The van der Waals surface area contributed by atoms with Crippen molar-refractivity contribution < 1.29 is 4.74 Å². The first-order chi connectivity index (χ1) is 9.85. The van der Waals surface area contributed by atoms with Crippen molar-refractivity contribution in [3.8, 4) is 0 Å². The Hall–Kier alpha value is -1.65. The second kappa shape index (κ2) is 6.20. The van der Waals surface area contributed by atoms with Crippen LogP contribution in [0.4, 0.5) is 0 Å². The van der Waals surface area contributed by atoms with Gasteiger partial charge < -0.3 is 4.74 Å². The number of nitrogens with zero attached hydrogens (tertiary/aromatic N) is 3. The van der Waals surface area contributed by atoms with E-state index in [0.717, 1.165) is 38.5 Å². The minimum atomic E-state index is 0.179. The van der Waals surface area contributed by atoms with Gasteiger partial charge in [0.15, 0.2) is 0 Å². The van der Waals surface area contributed by atoms with Crippen molar-refractivity contribution in [3.63, 3.8) is 0 Å². The summed E-state index contributed by atoms with van der Waals surface area (Å²) in [6.45, 7) is 6.63. The second-order valence-corrected chi connectivity index (χ2v) is 5.17. The Morgan fingerprint density at radius 2 is 2.10 bits per heavy atom. The molecule has 1 aromatic carbocycles. The van der Waals surface area contributed by atoms with Crippen LogP contribution in [-0.2, 0) is 17.8 Å². The first kappa shape index (κ1) is 13.3. The Balaban J connectivity index is 1.63. The third-order valence-electron chi connectivity index (χ3n) is 3.73. The molecule has 1 aliphatic rings. The molecule has 3 rings (SSSR count). The van der Waals surface area contributed by atoms with Crippen LogP contribution in [0, 0.1) is 0 Å². The molecule has 1 fully saturated rings. The number of aryl methyl sites for hydroxylation is 1. The molecule has 0 bridgehead atoms. The smallest absolute Gasteiger partial charge is 0.0952 e. The number of morpholine rings is 1. The van der Waals surface area contributed by atoms with Crippen LogP contribution in [0.5, 0.6) is 0 Å². The molecule has 2 aromatic rings. The summed E-state index contributed by atoms with van der Waals surface area (Å²) in [5.74, 6) is 0. The first-order valence-corrected chi connectivity index (χ1v) is 7.26. The third kappa shape index (κ3) is 3.08. The van der Waals surface area contributed by atoms with Gasteiger partial charge in [0.25, 0.3) is 0 Å². The van der Waals surface area contributed by atoms with Crippen molar-refractivity contribution in [2.45, 2.75) is 26.1 Å². The SMILES string of the molecule is CCn1ccc(CN2CCO[C@H](c3ccccc3)C2)n1. The van der Waals surface area contributed by atoms with Crippen LogP contribution in [0.1, 0.15) is 24.3 Å². The van der Waals surface area contributed by atoms with Gasteiger partial charge in [-0.1, -0.05) is 30.3 Å². The number of hydrogen-bond acceptors (Lipinski definition) is 3. The van der Waals surface area contributed by atoms with Gasteiger partial charge in [-0.3, -0.25) is 9.58 Å². The predicted molar refractivity (Wildman–Crippen MR) is 78.3 cm³/mol. The van der Waals surface area contributed by atoms with Crippen molar-refractivity contribution >= 4 is 0 Å². The summed E-state index contributed by atoms with van der Waals surface area (Å²) in [5, 5.41) is 4.55. The van der Waals surface area contributed by atoms with Crippen molar-refractivity contribution in [2.24, 2.45) is 0 Å². The highest BCUT2D eigenvalue weighted by atomic mass is 16.5. The quantitative estimate of drug-likeness (QED) is 0.856. The Kier molecular flexibility index (Phi) is 4.14. The van der Waals surface area contributed by atoms with Gasteiger partial charge in [-0.2, -0.15) is 5.10 Å². The highest BCUT2D eigenvalue weighted by Gasteiger charge is 2.22. The van der Waals surface area contributed by atoms with E-state index in [9.17, 15) is 0 Å². The lowest BCUT2D eigenvalue weighted by Gasteiger charge is -2.32. The number of hydrogen-bond donors (Lipinski definition) is 0. The molecule has 20 heavy (non-hydrogen) atoms. The van der Waals surface area contributed by atoms with E-state index in [1.807, 2.05) is 16.9 Å². The van der Waals surface area contributed by atoms with Crippen LogP contribution in [0.2, 0.25) is 0 Å². The molecule has 1 aromatic heterocycles. The van der Waals surface area contributed by atoms with E-state index in [-0.39, 0.29) is 6.10 Å². The van der Waals surface area contributed by atoms with Crippen LogP contribution >= 0.6 is 0 Å². The highest BCUT2D eigenvalue weighted by molar-refractivity contribution is 5.18. The molecule has 1 atom stereocenters. The van der Waals surface area contributed by atoms with Crippen LogP contribution in [-0.4, -0.2) is 34.4 Å². The fourth-order valence-electron chi connectivity index (χ4n) is 2.61. The van der Waals surface area contributed by atoms with Gasteiger partial charge in [-0.25, -0.2) is 0 Å². The summed E-state index contributed by atoms with van der Waals surface area (Å²) in [7, 11) is 0. The summed E-state index contributed by atoms with van der Waals surface area (Å²) < 4.78 is 7.87. The van der Waals surface area contributed by atoms with E-state index < -0.39 is 0 Å². The van der Waals surface area contributed by atoms with E-state index in [0.29, 0.717) is 0 Å². The van der Waals surface area contributed by atoms with E-state index >= 15 is 0 Å². The van der Waals surface area contributed by atoms with E-state index in [2.05, 4.69) is 47.3 Å². The molecule has 4 nitrogen and oxygen atoms in total. The van der Waals surface area contributed by atoms with Crippen molar-refractivity contribution in [3.05, 3.63) is 53.9 Å². The minimum absolute atomic E-state index is 0.179. The zero-order valence-electron chi connectivity index (χ0n) is 11.9. The van der Waals surface area contributed by atoms with Gasteiger partial charge in [0, 0.05) is 32.4 Å². The average Bonchev–Trinajstić information content (AvgIpc) is 2.96. The Morgan fingerprint density at radius 1 is 1.25 bits per heavy atom. The number of rotatable bonds is 4. The molecule has 1 saturated heterocycles. The van der Waals surface area contributed by atoms with E-state index in [1.54, 1.807) is 0 Å². The summed E-state index contributed by atoms with van der Waals surface area (Å²) in [6.07, 6.45) is 2.22. The number of benzene rings is 1. The van der Waals surface area contributed by atoms with Crippen LogP contribution in [0.3, 0.4) is 0 Å². The zero-order chi connectivity index (χ0) is 13.8. The average molecular weight is 271 g/mol. The standard InChI is InChI=1S/C16H21N3O/c1-2-19-9-8-15(17-19)12-18-10-11-20-16(13-18)14-6-4-3-5-7-14/h3-9,16H,2,10-13H2,1H3/t16-/m0/s1. The van der Waals surface area contributed by atoms with Crippen molar-refractivity contribution in [1.82, 2.24) is 14.7 Å². The Labute approximate surface area is 120 Å². The summed E-state index contributed by atoms with van der Waals surface area (Å²) in [4.78, 5) is 2.42. The molecule has 0 saturated carbocycles. The summed E-state index contributed by atoms with van der Waals surface area (Å²) in [6, 6.07) is 12.6. The molecule has 2 heterocycles. The zero-order valence-corrected chi connectivity index (χ0v) is 11.9. The summed E-state index contributed by atoms with van der Waals surface area (Å²) >= 11 is 0. The molecule has 0 aliphatic carbocycles. The van der Waals surface area contributed by atoms with Crippen LogP contribution < -0.4 is 0 Å². The van der Waals surface area contributed by atoms with Gasteiger partial charge in [0.05, 0.1) is 18.4 Å². The minimum Gasteiger partial charge on any atom is -0.371 e. The molecule has 0 spiro atoms. The lowest BCUT2D eigenvalue weighted by Crippen LogP contribution is -2.37. The molecule has 0 radical (unpaired) electrons. The fraction of sp³-hybridized carbons (Fsp3) is 0.438. The Morgan fingerprint density at radius 3 is 2.85 bits per heavy atom. The summed E-state index contributed by atoms with van der Waals surface area (Å²) in [5.41, 5.74) is 2.40. The monoisotopic (exact) mass is 271 g/mol. The molecular weight excluding hydrogens is 250 g/mol. The molecule has 4 heteroatoms. The highest BCUT2D eigenvalue weighted by Crippen LogP contribution is 2.22. The fourth-order valence-corrected chi connectivity index (χ4v) is 2.61. The van der Waals surface area contributed by atoms with Crippen molar-refractivity contribution in [1.29, 1.82) is 0 Å². The van der Waals surface area contributed by atoms with Gasteiger partial charge >= 0.3 is 0 Å². The normalized spacial score (nSPS) is 20.1. The number of ether oxygens (including phenoxy) is 1. The maximum Gasteiger partial charge on any atom is 0.0952 e. The number of aromatic nitrogens is 2. The lowest BCUT2D eigenvalue weighted by molar-refractivity contribution is -0.0333. The van der Waals surface area contributed by atoms with Gasteiger partial charge in [-0.05, 0) is 18.6 Å². The van der Waals surface area contributed by atoms with Gasteiger partial charge in [0.1, 0.15) is 0 Å². The van der Waals surface area contributed by atoms with Gasteiger partial charge in [-0.15, -0.1) is 0 Å². The largest absolute Gasteiger partial charge is 0.371 e. The molecule has 0 N–H and O–H groups in total. The molecule has 0 unspecified atom stereocenters. The van der Waals surface area contributed by atoms with E-state index in [4.69, 9.17) is 4.74 Å². The first-order valence-electron chi connectivity index (χ1n) is 7.26. The van der Waals surface area contributed by atoms with Gasteiger partial charge in [0.2, 0.25) is 0 Å². The van der Waals surface area contributed by atoms with Crippen LogP contribution in [0.25, 0.3) is 0 Å². The molecule has 1 aliphatic heterocycles. The molecule has 106 valence electrons. The van der Waals surface area contributed by atoms with E-state index in [1.165, 1.54) is 5.56 Å². The third-order valence-corrected chi connectivity index (χ3v) is 3.73. The van der Waals surface area contributed by atoms with Crippen LogP contribution in [0.15, 0.2) is 42.6 Å². The van der Waals surface area contributed by atoms with Crippen molar-refractivity contribution in [2.75, 3.05) is 19.7 Å². The second-order valence-electron chi connectivity index (χ2n) is 5.17. The lowest BCUT2D eigenvalue weighted by atomic mass is 10.1. The Bertz CT molecular complexity index is 538. The maximum absolute atomic E-state index is 5.89. The molecule has 0 amide bonds.